The quantitative estimate of drug-likeness (QED) is 0.473. The summed E-state index contributed by atoms with van der Waals surface area (Å²) in [6, 6.07) is 0. The lowest BCUT2D eigenvalue weighted by atomic mass is 10.2. The van der Waals surface area contributed by atoms with E-state index in [4.69, 9.17) is 15.2 Å². The fourth-order valence-corrected chi connectivity index (χ4v) is 0.968. The molecule has 0 bridgehead atoms. The van der Waals surface area contributed by atoms with E-state index in [9.17, 15) is 4.79 Å². The van der Waals surface area contributed by atoms with Gasteiger partial charge in [0.05, 0.1) is 6.10 Å². The van der Waals surface area contributed by atoms with Gasteiger partial charge in [0.1, 0.15) is 6.29 Å². The van der Waals surface area contributed by atoms with Crippen LogP contribution in [0.25, 0.3) is 0 Å². The molecule has 0 rings (SSSR count). The zero-order valence-corrected chi connectivity index (χ0v) is 8.58. The zero-order chi connectivity index (χ0) is 10.3. The van der Waals surface area contributed by atoms with Gasteiger partial charge in [-0.3, -0.25) is 0 Å². The molecule has 0 aliphatic rings. The van der Waals surface area contributed by atoms with E-state index in [1.165, 1.54) is 0 Å². The van der Waals surface area contributed by atoms with Gasteiger partial charge in [0.25, 0.3) is 0 Å². The fraction of sp³-hybridized carbons (Fsp3) is 0.889. The van der Waals surface area contributed by atoms with Gasteiger partial charge in [0.15, 0.2) is 5.79 Å². The first-order chi connectivity index (χ1) is 6.05. The van der Waals surface area contributed by atoms with Crippen LogP contribution in [0.5, 0.6) is 0 Å². The van der Waals surface area contributed by atoms with Gasteiger partial charge in [-0.25, -0.2) is 0 Å². The van der Waals surface area contributed by atoms with Crippen molar-refractivity contribution in [3.8, 4) is 0 Å². The molecular formula is C9H19NO3. The number of aldehydes is 1. The van der Waals surface area contributed by atoms with Crippen molar-refractivity contribution in [3.63, 3.8) is 0 Å². The number of nitrogens with two attached hydrogens (primary N) is 1. The largest absolute Gasteiger partial charge is 0.354 e. The van der Waals surface area contributed by atoms with E-state index in [1.807, 2.05) is 0 Å². The minimum atomic E-state index is -0.650. The van der Waals surface area contributed by atoms with E-state index in [1.54, 1.807) is 21.0 Å². The molecule has 78 valence electrons. The normalized spacial score (nSPS) is 14.2. The maximum absolute atomic E-state index is 10.3. The summed E-state index contributed by atoms with van der Waals surface area (Å²) < 4.78 is 10.6. The summed E-state index contributed by atoms with van der Waals surface area (Å²) in [4.78, 5) is 10.3. The van der Waals surface area contributed by atoms with Gasteiger partial charge in [-0.05, 0) is 26.8 Å². The second kappa shape index (κ2) is 6.07. The molecule has 0 aliphatic carbocycles. The highest BCUT2D eigenvalue weighted by Gasteiger charge is 2.22. The predicted molar refractivity (Wildman–Crippen MR) is 50.3 cm³/mol. The van der Waals surface area contributed by atoms with Gasteiger partial charge in [-0.1, -0.05) is 0 Å². The van der Waals surface area contributed by atoms with Gasteiger partial charge in [0.2, 0.25) is 0 Å². The van der Waals surface area contributed by atoms with Crippen LogP contribution < -0.4 is 5.73 Å². The van der Waals surface area contributed by atoms with Gasteiger partial charge in [0, 0.05) is 13.5 Å². The van der Waals surface area contributed by atoms with Crippen LogP contribution in [0.3, 0.4) is 0 Å². The average molecular weight is 189 g/mol. The van der Waals surface area contributed by atoms with Gasteiger partial charge < -0.3 is 20.0 Å². The van der Waals surface area contributed by atoms with Crippen molar-refractivity contribution in [2.75, 3.05) is 13.7 Å². The van der Waals surface area contributed by atoms with Crippen molar-refractivity contribution in [2.45, 2.75) is 38.6 Å². The van der Waals surface area contributed by atoms with Gasteiger partial charge in [-0.15, -0.1) is 0 Å². The summed E-state index contributed by atoms with van der Waals surface area (Å²) >= 11 is 0. The Morgan fingerprint density at radius 1 is 1.54 bits per heavy atom. The summed E-state index contributed by atoms with van der Waals surface area (Å²) in [5, 5.41) is 0. The SMILES string of the molecule is COC(C)(C)OC(CC=O)CCN. The van der Waals surface area contributed by atoms with E-state index in [0.29, 0.717) is 19.4 Å². The molecule has 0 fully saturated rings. The van der Waals surface area contributed by atoms with Crippen LogP contribution >= 0.6 is 0 Å². The highest BCUT2D eigenvalue weighted by molar-refractivity contribution is 5.50. The molecule has 0 amide bonds. The van der Waals surface area contributed by atoms with Gasteiger partial charge >= 0.3 is 0 Å². The summed E-state index contributed by atoms with van der Waals surface area (Å²) in [5.74, 6) is -0.650. The smallest absolute Gasteiger partial charge is 0.162 e. The van der Waals surface area contributed by atoms with Crippen LogP contribution in [-0.2, 0) is 14.3 Å². The maximum atomic E-state index is 10.3. The van der Waals surface area contributed by atoms with E-state index < -0.39 is 5.79 Å². The number of carbonyl (C=O) groups excluding carboxylic acids is 1. The molecule has 0 radical (unpaired) electrons. The molecule has 0 aromatic heterocycles. The molecule has 0 saturated carbocycles. The lowest BCUT2D eigenvalue weighted by Crippen LogP contribution is -2.33. The third kappa shape index (κ3) is 5.74. The highest BCUT2D eigenvalue weighted by atomic mass is 16.7. The van der Waals surface area contributed by atoms with Crippen LogP contribution in [0.1, 0.15) is 26.7 Å². The Morgan fingerprint density at radius 2 is 2.15 bits per heavy atom. The van der Waals surface area contributed by atoms with Crippen LogP contribution in [0, 0.1) is 0 Å². The third-order valence-corrected chi connectivity index (χ3v) is 1.79. The molecule has 0 heterocycles. The summed E-state index contributed by atoms with van der Waals surface area (Å²) in [7, 11) is 1.57. The standard InChI is InChI=1S/C9H19NO3/c1-9(2,12-3)13-8(4-6-10)5-7-11/h7-8H,4-6,10H2,1-3H3. The number of methoxy groups -OCH3 is 1. The van der Waals surface area contributed by atoms with Crippen molar-refractivity contribution in [2.24, 2.45) is 5.73 Å². The van der Waals surface area contributed by atoms with E-state index >= 15 is 0 Å². The topological polar surface area (TPSA) is 61.5 Å². The minimum Gasteiger partial charge on any atom is -0.354 e. The maximum Gasteiger partial charge on any atom is 0.162 e. The molecular weight excluding hydrogens is 170 g/mol. The first kappa shape index (κ1) is 12.6. The summed E-state index contributed by atoms with van der Waals surface area (Å²) in [6.07, 6.45) is 1.74. The predicted octanol–water partition coefficient (Wildman–Crippen LogP) is 0.692. The molecule has 4 nitrogen and oxygen atoms in total. The van der Waals surface area contributed by atoms with E-state index in [0.717, 1.165) is 6.29 Å². The Balaban J connectivity index is 3.99. The Hall–Kier alpha value is -0.450. The summed E-state index contributed by atoms with van der Waals surface area (Å²) in [5.41, 5.74) is 5.38. The number of ether oxygens (including phenoxy) is 2. The Labute approximate surface area is 79.4 Å². The van der Waals surface area contributed by atoms with Crippen molar-refractivity contribution in [3.05, 3.63) is 0 Å². The first-order valence-corrected chi connectivity index (χ1v) is 4.42. The molecule has 4 heteroatoms. The van der Waals surface area contributed by atoms with Crippen LogP contribution in [0.2, 0.25) is 0 Å². The van der Waals surface area contributed by atoms with Crippen molar-refractivity contribution in [1.82, 2.24) is 0 Å². The molecule has 1 unspecified atom stereocenters. The lowest BCUT2D eigenvalue weighted by molar-refractivity contribution is -0.223. The fourth-order valence-electron chi connectivity index (χ4n) is 0.968. The highest BCUT2D eigenvalue weighted by Crippen LogP contribution is 2.15. The Bertz CT molecular complexity index is 148. The van der Waals surface area contributed by atoms with Crippen LogP contribution in [0.4, 0.5) is 0 Å². The number of hydrogen-bond acceptors (Lipinski definition) is 4. The second-order valence-electron chi connectivity index (χ2n) is 3.32. The molecule has 13 heavy (non-hydrogen) atoms. The van der Waals surface area contributed by atoms with E-state index in [-0.39, 0.29) is 6.10 Å². The van der Waals surface area contributed by atoms with E-state index in [2.05, 4.69) is 0 Å². The molecule has 0 saturated heterocycles. The summed E-state index contributed by atoms with van der Waals surface area (Å²) in [6.45, 7) is 4.13. The average Bonchev–Trinajstić information content (AvgIpc) is 2.05. The molecule has 0 aliphatic heterocycles. The zero-order valence-electron chi connectivity index (χ0n) is 8.58. The van der Waals surface area contributed by atoms with Crippen molar-refractivity contribution < 1.29 is 14.3 Å². The van der Waals surface area contributed by atoms with Crippen molar-refractivity contribution in [1.29, 1.82) is 0 Å². The Kier molecular flexibility index (Phi) is 5.86. The third-order valence-electron chi connectivity index (χ3n) is 1.79. The van der Waals surface area contributed by atoms with Crippen LogP contribution in [0.15, 0.2) is 0 Å². The monoisotopic (exact) mass is 189 g/mol. The molecule has 0 spiro atoms. The van der Waals surface area contributed by atoms with Crippen molar-refractivity contribution >= 4 is 6.29 Å². The van der Waals surface area contributed by atoms with Crippen LogP contribution in [-0.4, -0.2) is 31.8 Å². The molecule has 1 atom stereocenters. The molecule has 2 N–H and O–H groups in total. The first-order valence-electron chi connectivity index (χ1n) is 4.42. The van der Waals surface area contributed by atoms with Gasteiger partial charge in [-0.2, -0.15) is 0 Å². The number of carbonyl (C=O) groups is 1. The Morgan fingerprint density at radius 3 is 2.54 bits per heavy atom. The molecule has 0 aromatic rings. The lowest BCUT2D eigenvalue weighted by Gasteiger charge is -2.28. The second-order valence-corrected chi connectivity index (χ2v) is 3.32. The molecule has 0 aromatic carbocycles. The number of rotatable bonds is 7. The number of hydrogen-bond donors (Lipinski definition) is 1. The minimum absolute atomic E-state index is 0.141.